The van der Waals surface area contributed by atoms with Gasteiger partial charge in [0.15, 0.2) is 5.69 Å². The molecule has 1 amide bonds. The molecule has 0 saturated heterocycles. The van der Waals surface area contributed by atoms with Gasteiger partial charge in [0.2, 0.25) is 0 Å². The second-order valence-corrected chi connectivity index (χ2v) is 5.97. The summed E-state index contributed by atoms with van der Waals surface area (Å²) in [6, 6.07) is 15.8. The van der Waals surface area contributed by atoms with E-state index in [-0.39, 0.29) is 22.2 Å². The van der Waals surface area contributed by atoms with E-state index in [4.69, 9.17) is 11.6 Å². The maximum absolute atomic E-state index is 12.5. The summed E-state index contributed by atoms with van der Waals surface area (Å²) < 4.78 is 6.34. The van der Waals surface area contributed by atoms with Crippen LogP contribution in [0.15, 0.2) is 54.6 Å². The highest BCUT2D eigenvalue weighted by molar-refractivity contribution is 6.34. The van der Waals surface area contributed by atoms with E-state index in [1.54, 1.807) is 16.8 Å². The highest BCUT2D eigenvalue weighted by atomic mass is 35.5. The van der Waals surface area contributed by atoms with E-state index in [1.165, 1.54) is 19.2 Å². The quantitative estimate of drug-likeness (QED) is 0.708. The van der Waals surface area contributed by atoms with Gasteiger partial charge in [0.25, 0.3) is 5.91 Å². The number of para-hydroxylation sites is 1. The molecule has 0 radical (unpaired) electrons. The first-order valence-corrected chi connectivity index (χ1v) is 8.18. The van der Waals surface area contributed by atoms with Crippen LogP contribution in [0, 0.1) is 6.92 Å². The minimum Gasteiger partial charge on any atom is -0.465 e. The van der Waals surface area contributed by atoms with Gasteiger partial charge in [-0.2, -0.15) is 5.10 Å². The third-order valence-corrected chi connectivity index (χ3v) is 4.07. The molecule has 3 aromatic rings. The number of ether oxygens (including phenoxy) is 1. The third-order valence-electron chi connectivity index (χ3n) is 3.75. The topological polar surface area (TPSA) is 73.2 Å². The zero-order valence-corrected chi connectivity index (χ0v) is 14.9. The van der Waals surface area contributed by atoms with Crippen molar-refractivity contribution in [3.05, 3.63) is 76.6 Å². The molecular weight excluding hydrogens is 354 g/mol. The number of carbonyl (C=O) groups excluding carboxylic acids is 2. The smallest absolute Gasteiger partial charge is 0.339 e. The van der Waals surface area contributed by atoms with E-state index in [9.17, 15) is 9.59 Å². The minimum atomic E-state index is -0.537. The molecule has 7 heteroatoms. The summed E-state index contributed by atoms with van der Waals surface area (Å²) in [4.78, 5) is 24.0. The lowest BCUT2D eigenvalue weighted by atomic mass is 10.2. The maximum Gasteiger partial charge on any atom is 0.339 e. The number of aromatic nitrogens is 2. The van der Waals surface area contributed by atoms with Gasteiger partial charge in [-0.05, 0) is 43.3 Å². The Morgan fingerprint density at radius 2 is 1.85 bits per heavy atom. The summed E-state index contributed by atoms with van der Waals surface area (Å²) in [5.41, 5.74) is 2.67. The molecule has 0 aliphatic rings. The van der Waals surface area contributed by atoms with E-state index < -0.39 is 5.97 Å². The molecule has 0 bridgehead atoms. The Morgan fingerprint density at radius 1 is 1.12 bits per heavy atom. The van der Waals surface area contributed by atoms with Crippen molar-refractivity contribution in [2.45, 2.75) is 6.92 Å². The molecule has 3 rings (SSSR count). The van der Waals surface area contributed by atoms with Gasteiger partial charge in [-0.1, -0.05) is 29.8 Å². The van der Waals surface area contributed by atoms with E-state index in [1.807, 2.05) is 37.3 Å². The van der Waals surface area contributed by atoms with Crippen molar-refractivity contribution in [1.82, 2.24) is 9.78 Å². The number of amides is 1. The molecule has 0 aliphatic carbocycles. The molecule has 0 aliphatic heterocycles. The number of halogens is 1. The van der Waals surface area contributed by atoms with E-state index >= 15 is 0 Å². The standard InChI is InChI=1S/C19H16ClN3O3/c1-12-10-17(22-23(12)14-6-4-3-5-7-14)18(24)21-13-8-9-15(16(20)11-13)19(25)26-2/h3-11H,1-2H3,(H,21,24). The van der Waals surface area contributed by atoms with Crippen LogP contribution in [0.2, 0.25) is 5.02 Å². The fraction of sp³-hybridized carbons (Fsp3) is 0.105. The Bertz CT molecular complexity index is 967. The summed E-state index contributed by atoms with van der Waals surface area (Å²) in [6.45, 7) is 1.87. The summed E-state index contributed by atoms with van der Waals surface area (Å²) in [6.07, 6.45) is 0. The molecule has 132 valence electrons. The number of benzene rings is 2. The van der Waals surface area contributed by atoms with Gasteiger partial charge in [0.1, 0.15) is 0 Å². The van der Waals surface area contributed by atoms with Gasteiger partial charge in [0, 0.05) is 11.4 Å². The number of hydrogen-bond acceptors (Lipinski definition) is 4. The lowest BCUT2D eigenvalue weighted by Crippen LogP contribution is -2.13. The number of esters is 1. The van der Waals surface area contributed by atoms with Crippen molar-refractivity contribution >= 4 is 29.2 Å². The predicted octanol–water partition coefficient (Wildman–Crippen LogP) is 3.87. The van der Waals surface area contributed by atoms with Gasteiger partial charge in [-0.25, -0.2) is 9.48 Å². The number of hydrogen-bond donors (Lipinski definition) is 1. The van der Waals surface area contributed by atoms with E-state index in [0.717, 1.165) is 11.4 Å². The largest absolute Gasteiger partial charge is 0.465 e. The molecule has 26 heavy (non-hydrogen) atoms. The third kappa shape index (κ3) is 3.60. The van der Waals surface area contributed by atoms with Crippen LogP contribution in [0.4, 0.5) is 5.69 Å². The van der Waals surface area contributed by atoms with Crippen molar-refractivity contribution in [2.75, 3.05) is 12.4 Å². The Balaban J connectivity index is 1.81. The number of methoxy groups -OCH3 is 1. The minimum absolute atomic E-state index is 0.195. The Kier molecular flexibility index (Phi) is 5.04. The van der Waals surface area contributed by atoms with Crippen molar-refractivity contribution < 1.29 is 14.3 Å². The van der Waals surface area contributed by atoms with Gasteiger partial charge in [-0.15, -0.1) is 0 Å². The van der Waals surface area contributed by atoms with Crippen LogP contribution >= 0.6 is 11.6 Å². The number of rotatable bonds is 4. The summed E-state index contributed by atoms with van der Waals surface area (Å²) >= 11 is 6.07. The molecule has 0 atom stereocenters. The fourth-order valence-corrected chi connectivity index (χ4v) is 2.74. The normalized spacial score (nSPS) is 10.4. The van der Waals surface area contributed by atoms with Gasteiger partial charge >= 0.3 is 5.97 Å². The summed E-state index contributed by atoms with van der Waals surface area (Å²) in [5, 5.41) is 7.27. The van der Waals surface area contributed by atoms with Crippen LogP contribution in [0.1, 0.15) is 26.5 Å². The van der Waals surface area contributed by atoms with Crippen molar-refractivity contribution in [3.8, 4) is 5.69 Å². The average Bonchev–Trinajstić information content (AvgIpc) is 3.04. The maximum atomic E-state index is 12.5. The van der Waals surface area contributed by atoms with Crippen LogP contribution in [-0.4, -0.2) is 28.8 Å². The lowest BCUT2D eigenvalue weighted by Gasteiger charge is -2.07. The molecule has 6 nitrogen and oxygen atoms in total. The van der Waals surface area contributed by atoms with Gasteiger partial charge < -0.3 is 10.1 Å². The molecule has 0 unspecified atom stereocenters. The Labute approximate surface area is 155 Å². The highest BCUT2D eigenvalue weighted by Gasteiger charge is 2.15. The summed E-state index contributed by atoms with van der Waals surface area (Å²) in [7, 11) is 1.28. The SMILES string of the molecule is COC(=O)c1ccc(NC(=O)c2cc(C)n(-c3ccccc3)n2)cc1Cl. The second-order valence-electron chi connectivity index (χ2n) is 5.56. The lowest BCUT2D eigenvalue weighted by molar-refractivity contribution is 0.0601. The zero-order chi connectivity index (χ0) is 18.7. The summed E-state index contributed by atoms with van der Waals surface area (Å²) in [5.74, 6) is -0.908. The zero-order valence-electron chi connectivity index (χ0n) is 14.2. The monoisotopic (exact) mass is 369 g/mol. The second kappa shape index (κ2) is 7.41. The van der Waals surface area contributed by atoms with E-state index in [2.05, 4.69) is 15.2 Å². The molecule has 0 fully saturated rings. The van der Waals surface area contributed by atoms with Crippen LogP contribution in [0.25, 0.3) is 5.69 Å². The molecule has 1 aromatic heterocycles. The number of anilines is 1. The van der Waals surface area contributed by atoms with Crippen LogP contribution in [-0.2, 0) is 4.74 Å². The van der Waals surface area contributed by atoms with Crippen molar-refractivity contribution in [1.29, 1.82) is 0 Å². The molecule has 0 saturated carbocycles. The van der Waals surface area contributed by atoms with Crippen LogP contribution < -0.4 is 5.32 Å². The Hall–Kier alpha value is -3.12. The van der Waals surface area contributed by atoms with Crippen LogP contribution in [0.5, 0.6) is 0 Å². The fourth-order valence-electron chi connectivity index (χ4n) is 2.48. The van der Waals surface area contributed by atoms with E-state index in [0.29, 0.717) is 5.69 Å². The highest BCUT2D eigenvalue weighted by Crippen LogP contribution is 2.22. The first kappa shape index (κ1) is 17.7. The first-order valence-electron chi connectivity index (χ1n) is 7.81. The molecule has 1 N–H and O–H groups in total. The predicted molar refractivity (Wildman–Crippen MR) is 99.0 cm³/mol. The number of aryl methyl sites for hydroxylation is 1. The molecule has 0 spiro atoms. The number of carbonyl (C=O) groups is 2. The average molecular weight is 370 g/mol. The first-order chi connectivity index (χ1) is 12.5. The molecular formula is C19H16ClN3O3. The van der Waals surface area contributed by atoms with Gasteiger partial charge in [-0.3, -0.25) is 4.79 Å². The van der Waals surface area contributed by atoms with Gasteiger partial charge in [0.05, 0.1) is 23.4 Å². The van der Waals surface area contributed by atoms with Crippen LogP contribution in [0.3, 0.4) is 0 Å². The molecule has 2 aromatic carbocycles. The van der Waals surface area contributed by atoms with Crippen molar-refractivity contribution in [3.63, 3.8) is 0 Å². The van der Waals surface area contributed by atoms with Crippen molar-refractivity contribution in [2.24, 2.45) is 0 Å². The Morgan fingerprint density at radius 3 is 2.50 bits per heavy atom. The number of nitrogens with zero attached hydrogens (tertiary/aromatic N) is 2. The number of nitrogens with one attached hydrogen (secondary N) is 1. The molecule has 1 heterocycles.